The van der Waals surface area contributed by atoms with Gasteiger partial charge in [-0.25, -0.2) is 0 Å². The molecule has 0 saturated heterocycles. The van der Waals surface area contributed by atoms with Gasteiger partial charge in [-0.15, -0.1) is 0 Å². The summed E-state index contributed by atoms with van der Waals surface area (Å²) in [5.41, 5.74) is 0. The fraction of sp³-hybridized carbons (Fsp3) is 0.846. The molecule has 2 unspecified atom stereocenters. The predicted molar refractivity (Wildman–Crippen MR) is 71.3 cm³/mol. The van der Waals surface area contributed by atoms with E-state index in [-0.39, 0.29) is 18.6 Å². The van der Waals surface area contributed by atoms with Crippen molar-refractivity contribution >= 4 is 12.2 Å². The predicted octanol–water partition coefficient (Wildman–Crippen LogP) is 0.611. The van der Waals surface area contributed by atoms with Crippen molar-refractivity contribution in [2.45, 2.75) is 57.5 Å². The number of hydrogen-bond donors (Lipinski definition) is 3. The van der Waals surface area contributed by atoms with Gasteiger partial charge in [0.25, 0.3) is 0 Å². The minimum atomic E-state index is -0.390. The quantitative estimate of drug-likeness (QED) is 0.375. The molecule has 0 radical (unpaired) electrons. The normalized spacial score (nSPS) is 13.9. The van der Waals surface area contributed by atoms with Gasteiger partial charge in [0.15, 0.2) is 0 Å². The summed E-state index contributed by atoms with van der Waals surface area (Å²) in [6, 6.07) is -0.208. The fourth-order valence-electron chi connectivity index (χ4n) is 1.72. The van der Waals surface area contributed by atoms with Gasteiger partial charge in [-0.3, -0.25) is 4.79 Å². The van der Waals surface area contributed by atoms with Gasteiger partial charge in [-0.2, -0.15) is 0 Å². The van der Waals surface area contributed by atoms with E-state index in [0.717, 1.165) is 38.4 Å². The Hall–Kier alpha value is -0.940. The Morgan fingerprint density at radius 3 is 2.50 bits per heavy atom. The lowest BCUT2D eigenvalue weighted by molar-refractivity contribution is -0.123. The molecular weight excluding hydrogens is 232 g/mol. The van der Waals surface area contributed by atoms with Gasteiger partial charge in [0.2, 0.25) is 5.91 Å². The van der Waals surface area contributed by atoms with E-state index in [4.69, 9.17) is 5.11 Å². The van der Waals surface area contributed by atoms with Gasteiger partial charge in [0.1, 0.15) is 6.29 Å². The molecular formula is C13H26N2O3. The standard InChI is InChI=1S/C13H26N2O3/c1-11(9-16)15-13(18)8-6-4-3-5-7-12(10-17)14-2/h9,11-12,14,17H,3-8,10H2,1-2H3,(H,15,18). The minimum absolute atomic E-state index is 0.0574. The van der Waals surface area contributed by atoms with Crippen LogP contribution in [0.5, 0.6) is 0 Å². The van der Waals surface area contributed by atoms with Crippen molar-refractivity contribution in [3.63, 3.8) is 0 Å². The minimum Gasteiger partial charge on any atom is -0.395 e. The summed E-state index contributed by atoms with van der Waals surface area (Å²) < 4.78 is 0. The number of aliphatic hydroxyl groups is 1. The van der Waals surface area contributed by atoms with Crippen LogP contribution >= 0.6 is 0 Å². The summed E-state index contributed by atoms with van der Waals surface area (Å²) in [7, 11) is 1.85. The number of likely N-dealkylation sites (N-methyl/N-ethyl adjacent to an activating group) is 1. The number of aldehydes is 1. The number of nitrogens with one attached hydrogen (secondary N) is 2. The highest BCUT2D eigenvalue weighted by Gasteiger charge is 2.06. The van der Waals surface area contributed by atoms with Crippen molar-refractivity contribution in [1.29, 1.82) is 0 Å². The molecule has 0 bridgehead atoms. The highest BCUT2D eigenvalue weighted by atomic mass is 16.3. The van der Waals surface area contributed by atoms with Crippen molar-refractivity contribution < 1.29 is 14.7 Å². The van der Waals surface area contributed by atoms with E-state index in [9.17, 15) is 9.59 Å². The zero-order valence-electron chi connectivity index (χ0n) is 11.4. The first-order valence-electron chi connectivity index (χ1n) is 6.66. The summed E-state index contributed by atoms with van der Waals surface area (Å²) in [6.45, 7) is 1.83. The Kier molecular flexibility index (Phi) is 10.6. The van der Waals surface area contributed by atoms with Crippen LogP contribution in [0.4, 0.5) is 0 Å². The number of rotatable bonds is 11. The Labute approximate surface area is 109 Å². The number of aliphatic hydroxyl groups excluding tert-OH is 1. The first-order chi connectivity index (χ1) is 8.63. The van der Waals surface area contributed by atoms with Crippen molar-refractivity contribution in [3.05, 3.63) is 0 Å². The molecule has 5 heteroatoms. The van der Waals surface area contributed by atoms with Crippen molar-refractivity contribution in [2.75, 3.05) is 13.7 Å². The molecule has 106 valence electrons. The lowest BCUT2D eigenvalue weighted by Crippen LogP contribution is -2.33. The second-order valence-electron chi connectivity index (χ2n) is 4.61. The van der Waals surface area contributed by atoms with E-state index in [1.807, 2.05) is 7.05 Å². The maximum Gasteiger partial charge on any atom is 0.220 e. The van der Waals surface area contributed by atoms with Crippen LogP contribution in [-0.4, -0.2) is 43.0 Å². The van der Waals surface area contributed by atoms with Gasteiger partial charge in [-0.1, -0.05) is 19.3 Å². The molecule has 0 rings (SSSR count). The Morgan fingerprint density at radius 1 is 1.28 bits per heavy atom. The molecule has 0 fully saturated rings. The second kappa shape index (κ2) is 11.2. The zero-order valence-corrected chi connectivity index (χ0v) is 11.4. The number of unbranched alkanes of at least 4 members (excludes halogenated alkanes) is 3. The molecule has 2 atom stereocenters. The molecule has 18 heavy (non-hydrogen) atoms. The molecule has 0 aromatic rings. The SMILES string of the molecule is CNC(CO)CCCCCCC(=O)NC(C)C=O. The summed E-state index contributed by atoms with van der Waals surface area (Å²) in [4.78, 5) is 21.7. The highest BCUT2D eigenvalue weighted by molar-refractivity contribution is 5.79. The monoisotopic (exact) mass is 258 g/mol. The van der Waals surface area contributed by atoms with Crippen molar-refractivity contribution in [1.82, 2.24) is 10.6 Å². The van der Waals surface area contributed by atoms with Gasteiger partial charge >= 0.3 is 0 Å². The number of carbonyl (C=O) groups is 2. The lowest BCUT2D eigenvalue weighted by atomic mass is 10.1. The smallest absolute Gasteiger partial charge is 0.220 e. The second-order valence-corrected chi connectivity index (χ2v) is 4.61. The molecule has 0 aliphatic rings. The van der Waals surface area contributed by atoms with Crippen LogP contribution < -0.4 is 10.6 Å². The summed E-state index contributed by atoms with van der Waals surface area (Å²) in [5.74, 6) is -0.0574. The maximum absolute atomic E-state index is 11.3. The van der Waals surface area contributed by atoms with Crippen LogP contribution in [0.1, 0.15) is 45.4 Å². The molecule has 5 nitrogen and oxygen atoms in total. The molecule has 0 aliphatic carbocycles. The first-order valence-corrected chi connectivity index (χ1v) is 6.66. The third-order valence-electron chi connectivity index (χ3n) is 2.93. The van der Waals surface area contributed by atoms with Crippen molar-refractivity contribution in [2.24, 2.45) is 0 Å². The highest BCUT2D eigenvalue weighted by Crippen LogP contribution is 2.07. The van der Waals surface area contributed by atoms with Crippen molar-refractivity contribution in [3.8, 4) is 0 Å². The Morgan fingerprint density at radius 2 is 1.94 bits per heavy atom. The fourth-order valence-corrected chi connectivity index (χ4v) is 1.72. The Balaban J connectivity index is 3.40. The van der Waals surface area contributed by atoms with Crippen LogP contribution in [0.3, 0.4) is 0 Å². The molecule has 0 aliphatic heterocycles. The van der Waals surface area contributed by atoms with E-state index in [0.29, 0.717) is 6.42 Å². The molecule has 0 saturated carbocycles. The number of carbonyl (C=O) groups excluding carboxylic acids is 2. The van der Waals surface area contributed by atoms with Crippen LogP contribution in [0.2, 0.25) is 0 Å². The average molecular weight is 258 g/mol. The average Bonchev–Trinajstić information content (AvgIpc) is 2.37. The van der Waals surface area contributed by atoms with Crippen LogP contribution in [-0.2, 0) is 9.59 Å². The topological polar surface area (TPSA) is 78.4 Å². The largest absolute Gasteiger partial charge is 0.395 e. The molecule has 0 aromatic carbocycles. The van der Waals surface area contributed by atoms with E-state index in [1.165, 1.54) is 0 Å². The van der Waals surface area contributed by atoms with Crippen LogP contribution in [0, 0.1) is 0 Å². The van der Waals surface area contributed by atoms with Crippen LogP contribution in [0.25, 0.3) is 0 Å². The van der Waals surface area contributed by atoms with E-state index < -0.39 is 6.04 Å². The van der Waals surface area contributed by atoms with Crippen LogP contribution in [0.15, 0.2) is 0 Å². The summed E-state index contributed by atoms with van der Waals surface area (Å²) in [5, 5.41) is 14.6. The van der Waals surface area contributed by atoms with Gasteiger partial charge < -0.3 is 20.5 Å². The summed E-state index contributed by atoms with van der Waals surface area (Å²) in [6.07, 6.45) is 6.14. The first kappa shape index (κ1) is 17.1. The molecule has 0 spiro atoms. The van der Waals surface area contributed by atoms with Gasteiger partial charge in [-0.05, 0) is 26.8 Å². The lowest BCUT2D eigenvalue weighted by Gasteiger charge is -2.12. The maximum atomic E-state index is 11.3. The van der Waals surface area contributed by atoms with E-state index in [1.54, 1.807) is 6.92 Å². The third kappa shape index (κ3) is 9.13. The zero-order chi connectivity index (χ0) is 13.8. The van der Waals surface area contributed by atoms with E-state index in [2.05, 4.69) is 10.6 Å². The Bertz CT molecular complexity index is 230. The summed E-state index contributed by atoms with van der Waals surface area (Å²) >= 11 is 0. The molecule has 1 amide bonds. The van der Waals surface area contributed by atoms with Gasteiger partial charge in [0.05, 0.1) is 12.6 Å². The molecule has 0 aromatic heterocycles. The van der Waals surface area contributed by atoms with E-state index >= 15 is 0 Å². The number of amides is 1. The molecule has 3 N–H and O–H groups in total. The van der Waals surface area contributed by atoms with Gasteiger partial charge in [0, 0.05) is 12.5 Å². The third-order valence-corrected chi connectivity index (χ3v) is 2.93. The molecule has 0 heterocycles. The number of hydrogen-bond acceptors (Lipinski definition) is 4.